The van der Waals surface area contributed by atoms with Crippen molar-refractivity contribution in [3.05, 3.63) is 22.1 Å². The van der Waals surface area contributed by atoms with Gasteiger partial charge in [0.05, 0.1) is 0 Å². The van der Waals surface area contributed by atoms with E-state index in [-0.39, 0.29) is 5.04 Å². The predicted octanol–water partition coefficient (Wildman–Crippen LogP) is 3.56. The van der Waals surface area contributed by atoms with Crippen molar-refractivity contribution >= 4 is 35.6 Å². The zero-order chi connectivity index (χ0) is 18.5. The minimum absolute atomic E-state index is 0.131. The Balaban J connectivity index is 2.58. The Bertz CT molecular complexity index is 760. The molecule has 0 aliphatic heterocycles. The number of aromatic nitrogens is 3. The summed E-state index contributed by atoms with van der Waals surface area (Å²) >= 11 is 3.61. The van der Waals surface area contributed by atoms with Crippen molar-refractivity contribution in [2.75, 3.05) is 5.73 Å². The monoisotopic (exact) mass is 415 g/mol. The van der Waals surface area contributed by atoms with Gasteiger partial charge in [-0.3, -0.25) is 0 Å². The van der Waals surface area contributed by atoms with Gasteiger partial charge in [-0.1, -0.05) is 0 Å². The molecule has 2 rings (SSSR count). The molecule has 136 valence electrons. The van der Waals surface area contributed by atoms with E-state index in [4.69, 9.17) is 10.2 Å². The minimum atomic E-state index is -2.25. The fourth-order valence-electron chi connectivity index (χ4n) is 2.42. The number of hydrogen-bond donors (Lipinski definition) is 2. The number of rotatable bonds is 4. The van der Waals surface area contributed by atoms with Crippen molar-refractivity contribution in [2.24, 2.45) is 0 Å². The van der Waals surface area contributed by atoms with Crippen molar-refractivity contribution in [1.29, 1.82) is 0 Å². The van der Waals surface area contributed by atoms with E-state index in [1.54, 1.807) is 18.4 Å². The maximum atomic E-state index is 10.7. The van der Waals surface area contributed by atoms with Crippen LogP contribution in [0.5, 0.6) is 0 Å². The molecule has 2 aromatic rings. The first-order chi connectivity index (χ1) is 10.8. The molecule has 0 spiro atoms. The van der Waals surface area contributed by atoms with Gasteiger partial charge in [-0.05, 0) is 0 Å². The van der Waals surface area contributed by atoms with Gasteiger partial charge in [-0.2, -0.15) is 0 Å². The van der Waals surface area contributed by atoms with Crippen LogP contribution in [0, 0.1) is 0 Å². The third-order valence-corrected chi connectivity index (χ3v) is 11.1. The summed E-state index contributed by atoms with van der Waals surface area (Å²) in [4.78, 5) is 4.06. The molecular formula is C16H28BrN4O2Si-. The summed E-state index contributed by atoms with van der Waals surface area (Å²) in [5, 5.41) is 15.1. The van der Waals surface area contributed by atoms with Crippen molar-refractivity contribution in [2.45, 2.75) is 65.0 Å². The van der Waals surface area contributed by atoms with E-state index in [1.165, 1.54) is 6.33 Å². The standard InChI is InChI=1S/C16H28BrN4O2Si/c1-15(2,3)24(6,7)23-8-10-11(17)12-14(18)19-9-20-21(12)13(10)16(4,5)22/h9,22,24H,8H2,1-7H3,(H2,18,19,20)/q-1. The Hall–Kier alpha value is -0.963. The average Bonchev–Trinajstić information content (AvgIpc) is 2.69. The Kier molecular flexibility index (Phi) is 4.91. The summed E-state index contributed by atoms with van der Waals surface area (Å²) in [6.07, 6.45) is 1.39. The predicted molar refractivity (Wildman–Crippen MR) is 104 cm³/mol. The van der Waals surface area contributed by atoms with E-state index in [0.29, 0.717) is 23.6 Å². The number of halogens is 1. The number of fused-ring (bicyclic) bond motifs is 1. The molecule has 24 heavy (non-hydrogen) atoms. The Morgan fingerprint density at radius 3 is 2.38 bits per heavy atom. The van der Waals surface area contributed by atoms with Crippen molar-refractivity contribution in [3.63, 3.8) is 0 Å². The zero-order valence-corrected chi connectivity index (χ0v) is 18.3. The summed E-state index contributed by atoms with van der Waals surface area (Å²) < 4.78 is 8.82. The SMILES string of the molecule is CC(C)(O)c1c(CO[SiH-](C)(C)C(C)(C)C)c(Br)c2c(N)ncnn12. The van der Waals surface area contributed by atoms with E-state index in [1.807, 2.05) is 0 Å². The van der Waals surface area contributed by atoms with Gasteiger partial charge in [0.25, 0.3) is 0 Å². The molecule has 0 atom stereocenters. The van der Waals surface area contributed by atoms with E-state index in [0.717, 1.165) is 10.0 Å². The second-order valence-corrected chi connectivity index (χ2v) is 14.9. The first-order valence-electron chi connectivity index (χ1n) is 8.16. The molecule has 0 aromatic carbocycles. The Morgan fingerprint density at radius 2 is 1.88 bits per heavy atom. The average molecular weight is 416 g/mol. The second-order valence-electron chi connectivity index (χ2n) is 8.53. The van der Waals surface area contributed by atoms with Crippen LogP contribution in [-0.2, 0) is 16.6 Å². The summed E-state index contributed by atoms with van der Waals surface area (Å²) in [7, 11) is -2.25. The Labute approximate surface area is 152 Å². The second kappa shape index (κ2) is 6.08. The molecular weight excluding hydrogens is 388 g/mol. The van der Waals surface area contributed by atoms with Crippen LogP contribution in [0.2, 0.25) is 18.1 Å². The molecule has 0 amide bonds. The topological polar surface area (TPSA) is 85.7 Å². The van der Waals surface area contributed by atoms with Gasteiger partial charge in [0.2, 0.25) is 0 Å². The Morgan fingerprint density at radius 1 is 1.29 bits per heavy atom. The first kappa shape index (κ1) is 19.4. The van der Waals surface area contributed by atoms with Crippen LogP contribution < -0.4 is 5.73 Å². The molecule has 2 aromatic heterocycles. The van der Waals surface area contributed by atoms with Gasteiger partial charge in [0.1, 0.15) is 0 Å². The fourth-order valence-corrected chi connectivity index (χ4v) is 4.18. The summed E-state index contributed by atoms with van der Waals surface area (Å²) in [5.41, 5.74) is 7.12. The van der Waals surface area contributed by atoms with Crippen LogP contribution in [0.3, 0.4) is 0 Å². The molecule has 2 heterocycles. The maximum absolute atomic E-state index is 10.7. The fraction of sp³-hybridized carbons (Fsp3) is 0.625. The van der Waals surface area contributed by atoms with Crippen LogP contribution in [0.4, 0.5) is 5.82 Å². The van der Waals surface area contributed by atoms with E-state index in [2.05, 4.69) is 59.9 Å². The van der Waals surface area contributed by atoms with Gasteiger partial charge >= 0.3 is 152 Å². The third kappa shape index (κ3) is 3.37. The van der Waals surface area contributed by atoms with Crippen molar-refractivity contribution < 1.29 is 9.53 Å². The first-order valence-corrected chi connectivity index (χ1v) is 12.3. The molecule has 0 saturated heterocycles. The third-order valence-electron chi connectivity index (χ3n) is 5.10. The van der Waals surface area contributed by atoms with Crippen LogP contribution in [0.25, 0.3) is 5.52 Å². The molecule has 8 heteroatoms. The molecule has 0 saturated carbocycles. The number of nitrogen functional groups attached to an aromatic ring is 1. The molecule has 0 aliphatic rings. The van der Waals surface area contributed by atoms with Crippen molar-refractivity contribution in [1.82, 2.24) is 14.6 Å². The van der Waals surface area contributed by atoms with Gasteiger partial charge < -0.3 is 0 Å². The number of nitrogens with zero attached hydrogens (tertiary/aromatic N) is 3. The number of anilines is 1. The van der Waals surface area contributed by atoms with Crippen LogP contribution in [0.15, 0.2) is 10.8 Å². The molecule has 6 nitrogen and oxygen atoms in total. The van der Waals surface area contributed by atoms with Crippen LogP contribution in [-0.4, -0.2) is 28.0 Å². The summed E-state index contributed by atoms with van der Waals surface area (Å²) in [6, 6.07) is 0. The molecule has 0 unspecified atom stereocenters. The molecule has 0 radical (unpaired) electrons. The normalized spacial score (nSPS) is 14.4. The molecule has 0 aliphatic carbocycles. The van der Waals surface area contributed by atoms with E-state index < -0.39 is 13.9 Å². The van der Waals surface area contributed by atoms with Gasteiger partial charge in [-0.15, -0.1) is 0 Å². The number of aliphatic hydroxyl groups is 1. The van der Waals surface area contributed by atoms with E-state index in [9.17, 15) is 5.11 Å². The van der Waals surface area contributed by atoms with Crippen LogP contribution >= 0.6 is 15.9 Å². The van der Waals surface area contributed by atoms with Gasteiger partial charge in [0, 0.05) is 0 Å². The quantitative estimate of drug-likeness (QED) is 0.745. The molecule has 0 bridgehead atoms. The zero-order valence-electron chi connectivity index (χ0n) is 15.5. The van der Waals surface area contributed by atoms with Crippen LogP contribution in [0.1, 0.15) is 45.9 Å². The van der Waals surface area contributed by atoms with Gasteiger partial charge in [-0.25, -0.2) is 0 Å². The summed E-state index contributed by atoms with van der Waals surface area (Å²) in [6.45, 7) is 15.0. The van der Waals surface area contributed by atoms with Crippen molar-refractivity contribution in [3.8, 4) is 0 Å². The van der Waals surface area contributed by atoms with Gasteiger partial charge in [0.15, 0.2) is 0 Å². The van der Waals surface area contributed by atoms with E-state index >= 15 is 0 Å². The number of nitrogens with two attached hydrogens (primary N) is 1. The molecule has 0 fully saturated rings. The molecule has 3 N–H and O–H groups in total. The summed E-state index contributed by atoms with van der Waals surface area (Å²) in [5.74, 6) is 0.364. The number of hydrogen-bond acceptors (Lipinski definition) is 5.